The fourth-order valence-corrected chi connectivity index (χ4v) is 10.0. The van der Waals surface area contributed by atoms with E-state index in [1.807, 2.05) is 48.5 Å². The molecule has 4 fully saturated rings. The van der Waals surface area contributed by atoms with Crippen molar-refractivity contribution >= 4 is 17.8 Å². The molecule has 1 amide bonds. The average molecular weight is 616 g/mol. The molecule has 2 saturated carbocycles. The van der Waals surface area contributed by atoms with Crippen LogP contribution in [0.5, 0.6) is 0 Å². The SMILES string of the molecule is C#CCOC(=O)N1[C@@H](C)[C@H](C(=O)O[C@H]2C[C@@]3(O)[C@@H](C)[C@@H]4[C@]5(O)CO[C@@H]5C[C@H](C)[C@@]4(C)C(=O)[C@H](C)C(=C2C)C3(C)C)OC1(C)C. The van der Waals surface area contributed by atoms with E-state index >= 15 is 0 Å². The maximum absolute atomic E-state index is 14.6. The van der Waals surface area contributed by atoms with Crippen LogP contribution in [0.4, 0.5) is 4.79 Å². The standard InChI is InChI=1S/C34H49NO9/c1-12-13-41-29(38)35-21(6)25(44-31(35,9)10)28(37)43-22-15-34(40)20(5)26-32(11,17(2)14-23-33(26,39)16-42-23)27(36)19(4)24(18(22)3)30(34,7)8/h1,17,19-23,25-26,39-40H,13-16H2,2-11H3/t17-,19+,20-,21-,22-,23+,25+,26-,32+,33-,34+/m0/s1. The topological polar surface area (TPSA) is 132 Å². The highest BCUT2D eigenvalue weighted by atomic mass is 16.6. The van der Waals surface area contributed by atoms with Crippen molar-refractivity contribution in [1.29, 1.82) is 0 Å². The van der Waals surface area contributed by atoms with Crippen molar-refractivity contribution in [2.75, 3.05) is 13.2 Å². The maximum Gasteiger partial charge on any atom is 0.413 e. The molecule has 2 N–H and O–H groups in total. The van der Waals surface area contributed by atoms with E-state index in [1.165, 1.54) is 4.90 Å². The number of fused-ring (bicyclic) bond motifs is 5. The second-order valence-corrected chi connectivity index (χ2v) is 15.2. The first-order valence-electron chi connectivity index (χ1n) is 15.8. The van der Waals surface area contributed by atoms with E-state index < -0.39 is 81.9 Å². The van der Waals surface area contributed by atoms with Crippen LogP contribution >= 0.6 is 0 Å². The molecule has 2 heterocycles. The molecule has 11 atom stereocenters. The van der Waals surface area contributed by atoms with Crippen molar-refractivity contribution in [3.63, 3.8) is 0 Å². The molecule has 0 aromatic heterocycles. The number of terminal acetylenes is 1. The second kappa shape index (κ2) is 10.3. The van der Waals surface area contributed by atoms with Gasteiger partial charge in [0.1, 0.15) is 23.2 Å². The lowest BCUT2D eigenvalue weighted by atomic mass is 9.41. The summed E-state index contributed by atoms with van der Waals surface area (Å²) in [6.07, 6.45) is 2.80. The van der Waals surface area contributed by atoms with Crippen molar-refractivity contribution in [3.8, 4) is 12.3 Å². The summed E-state index contributed by atoms with van der Waals surface area (Å²) in [4.78, 5) is 42.5. The van der Waals surface area contributed by atoms with Gasteiger partial charge >= 0.3 is 12.1 Å². The molecule has 2 bridgehead atoms. The third-order valence-corrected chi connectivity index (χ3v) is 12.4. The lowest BCUT2D eigenvalue weighted by Gasteiger charge is -2.68. The Labute approximate surface area is 260 Å². The molecule has 2 aliphatic heterocycles. The number of hydrogen-bond acceptors (Lipinski definition) is 9. The number of carbonyl (C=O) groups excluding carboxylic acids is 3. The van der Waals surface area contributed by atoms with Gasteiger partial charge in [0.25, 0.3) is 0 Å². The van der Waals surface area contributed by atoms with Gasteiger partial charge in [0.15, 0.2) is 12.7 Å². The molecule has 10 heteroatoms. The highest BCUT2D eigenvalue weighted by Crippen LogP contribution is 2.66. The minimum Gasteiger partial charge on any atom is -0.456 e. The molecular formula is C34H49NO9. The van der Waals surface area contributed by atoms with E-state index in [-0.39, 0.29) is 31.3 Å². The molecule has 0 aromatic carbocycles. The van der Waals surface area contributed by atoms with Crippen LogP contribution in [0.3, 0.4) is 0 Å². The van der Waals surface area contributed by atoms with Crippen LogP contribution in [-0.4, -0.2) is 87.5 Å². The predicted molar refractivity (Wildman–Crippen MR) is 160 cm³/mol. The zero-order valence-electron chi connectivity index (χ0n) is 27.7. The Morgan fingerprint density at radius 2 is 1.75 bits per heavy atom. The molecule has 0 aromatic rings. The number of Topliss-reactive ketones (excluding diaryl/α,β-unsaturated/α-hetero) is 1. The Bertz CT molecular complexity index is 1330. The van der Waals surface area contributed by atoms with Gasteiger partial charge in [-0.2, -0.15) is 0 Å². The van der Waals surface area contributed by atoms with Crippen LogP contribution in [0.25, 0.3) is 0 Å². The third kappa shape index (κ3) is 4.18. The van der Waals surface area contributed by atoms with Gasteiger partial charge in [0, 0.05) is 29.1 Å². The summed E-state index contributed by atoms with van der Waals surface area (Å²) in [5, 5.41) is 24.9. The van der Waals surface area contributed by atoms with E-state index in [9.17, 15) is 24.6 Å². The molecule has 10 nitrogen and oxygen atoms in total. The molecule has 0 unspecified atom stereocenters. The zero-order chi connectivity index (χ0) is 32.9. The van der Waals surface area contributed by atoms with Crippen molar-refractivity contribution in [1.82, 2.24) is 4.90 Å². The van der Waals surface area contributed by atoms with Crippen LogP contribution in [0.2, 0.25) is 0 Å². The van der Waals surface area contributed by atoms with E-state index in [0.717, 1.165) is 11.1 Å². The summed E-state index contributed by atoms with van der Waals surface area (Å²) in [6.45, 7) is 18.4. The van der Waals surface area contributed by atoms with Gasteiger partial charge in [-0.15, -0.1) is 6.42 Å². The Kier molecular flexibility index (Phi) is 7.69. The Balaban J connectivity index is 1.53. The van der Waals surface area contributed by atoms with Gasteiger partial charge in [0.2, 0.25) is 0 Å². The van der Waals surface area contributed by atoms with Gasteiger partial charge in [0.05, 0.1) is 24.4 Å². The van der Waals surface area contributed by atoms with Crippen LogP contribution < -0.4 is 0 Å². The summed E-state index contributed by atoms with van der Waals surface area (Å²) in [5.41, 5.74) is -4.16. The van der Waals surface area contributed by atoms with Crippen LogP contribution in [0.1, 0.15) is 82.1 Å². The normalized spacial score (nSPS) is 45.6. The van der Waals surface area contributed by atoms with Gasteiger partial charge in [-0.25, -0.2) is 9.59 Å². The highest BCUT2D eigenvalue weighted by molar-refractivity contribution is 5.91. The number of hydrogen-bond donors (Lipinski definition) is 2. The van der Waals surface area contributed by atoms with E-state index in [2.05, 4.69) is 5.92 Å². The summed E-state index contributed by atoms with van der Waals surface area (Å²) in [7, 11) is 0. The Hall–Kier alpha value is -2.45. The molecule has 44 heavy (non-hydrogen) atoms. The first-order valence-corrected chi connectivity index (χ1v) is 15.8. The largest absolute Gasteiger partial charge is 0.456 e. The smallest absolute Gasteiger partial charge is 0.413 e. The van der Waals surface area contributed by atoms with Crippen LogP contribution in [0.15, 0.2) is 11.1 Å². The molecule has 3 aliphatic carbocycles. The second-order valence-electron chi connectivity index (χ2n) is 15.2. The quantitative estimate of drug-likeness (QED) is 0.278. The number of carbonyl (C=O) groups is 3. The number of rotatable bonds is 3. The van der Waals surface area contributed by atoms with Crippen LogP contribution in [-0.2, 0) is 28.5 Å². The summed E-state index contributed by atoms with van der Waals surface area (Å²) in [5.74, 6) is -0.196. The molecule has 2 saturated heterocycles. The van der Waals surface area contributed by atoms with Crippen molar-refractivity contribution in [2.24, 2.45) is 34.5 Å². The first kappa shape index (κ1) is 32.9. The van der Waals surface area contributed by atoms with E-state index in [1.54, 1.807) is 20.8 Å². The first-order chi connectivity index (χ1) is 20.2. The third-order valence-electron chi connectivity index (χ3n) is 12.4. The van der Waals surface area contributed by atoms with E-state index in [0.29, 0.717) is 6.42 Å². The molecular weight excluding hydrogens is 566 g/mol. The summed E-state index contributed by atoms with van der Waals surface area (Å²) in [6, 6.07) is -0.724. The van der Waals surface area contributed by atoms with E-state index in [4.69, 9.17) is 25.4 Å². The fraction of sp³-hybridized carbons (Fsp3) is 0.794. The van der Waals surface area contributed by atoms with Crippen molar-refractivity contribution in [2.45, 2.75) is 123 Å². The summed E-state index contributed by atoms with van der Waals surface area (Å²) < 4.78 is 23.1. The van der Waals surface area contributed by atoms with Crippen molar-refractivity contribution in [3.05, 3.63) is 11.1 Å². The fourth-order valence-electron chi connectivity index (χ4n) is 10.0. The molecule has 244 valence electrons. The number of nitrogens with zero attached hydrogens (tertiary/aromatic N) is 1. The monoisotopic (exact) mass is 615 g/mol. The van der Waals surface area contributed by atoms with Gasteiger partial charge in [-0.3, -0.25) is 9.69 Å². The lowest BCUT2D eigenvalue weighted by Crippen LogP contribution is -2.77. The maximum atomic E-state index is 14.6. The number of ether oxygens (including phenoxy) is 4. The minimum absolute atomic E-state index is 0.0210. The Morgan fingerprint density at radius 1 is 1.11 bits per heavy atom. The average Bonchev–Trinajstić information content (AvgIpc) is 3.18. The number of amides is 1. The van der Waals surface area contributed by atoms with Gasteiger partial charge in [-0.1, -0.05) is 47.5 Å². The van der Waals surface area contributed by atoms with Crippen molar-refractivity contribution < 1.29 is 43.5 Å². The van der Waals surface area contributed by atoms with Gasteiger partial charge < -0.3 is 29.2 Å². The molecule has 5 rings (SSSR count). The zero-order valence-corrected chi connectivity index (χ0v) is 27.7. The minimum atomic E-state index is -1.45. The predicted octanol–water partition coefficient (Wildman–Crippen LogP) is 3.62. The lowest BCUT2D eigenvalue weighted by molar-refractivity contribution is -0.328. The molecule has 5 aliphatic rings. The molecule has 0 radical (unpaired) electrons. The number of aliphatic hydroxyl groups is 2. The number of esters is 1. The highest BCUT2D eigenvalue weighted by Gasteiger charge is 2.73. The van der Waals surface area contributed by atoms with Gasteiger partial charge in [-0.05, 0) is 57.1 Å². The van der Waals surface area contributed by atoms with Crippen LogP contribution in [0, 0.1) is 46.8 Å². The number of ketones is 1. The molecule has 0 spiro atoms. The summed E-state index contributed by atoms with van der Waals surface area (Å²) >= 11 is 0. The Morgan fingerprint density at radius 3 is 2.32 bits per heavy atom.